The first kappa shape index (κ1) is 13.7. The number of aryl methyl sites for hydroxylation is 1. The highest BCUT2D eigenvalue weighted by molar-refractivity contribution is 9.10. The molecular formula is C12H14BrNO3. The van der Waals surface area contributed by atoms with E-state index in [0.29, 0.717) is 12.0 Å². The minimum Gasteiger partial charge on any atom is -0.480 e. The van der Waals surface area contributed by atoms with E-state index >= 15 is 0 Å². The average Bonchev–Trinajstić information content (AvgIpc) is 2.28. The Morgan fingerprint density at radius 1 is 1.47 bits per heavy atom. The van der Waals surface area contributed by atoms with Gasteiger partial charge in [0.15, 0.2) is 0 Å². The molecule has 0 fully saturated rings. The number of aliphatic carboxylic acids is 1. The highest BCUT2D eigenvalue weighted by atomic mass is 79.9. The van der Waals surface area contributed by atoms with Crippen molar-refractivity contribution in [2.45, 2.75) is 26.3 Å². The SMILES string of the molecule is CC[C@@H](NC(=O)c1ccc(Br)c(C)c1)C(=O)O. The number of benzene rings is 1. The summed E-state index contributed by atoms with van der Waals surface area (Å²) in [6.07, 6.45) is 0.358. The largest absolute Gasteiger partial charge is 0.480 e. The van der Waals surface area contributed by atoms with Gasteiger partial charge in [0.1, 0.15) is 6.04 Å². The Morgan fingerprint density at radius 3 is 2.59 bits per heavy atom. The highest BCUT2D eigenvalue weighted by Crippen LogP contribution is 2.17. The van der Waals surface area contributed by atoms with Crippen LogP contribution in [0.5, 0.6) is 0 Å². The van der Waals surface area contributed by atoms with Crippen LogP contribution in [0.4, 0.5) is 0 Å². The molecular weight excluding hydrogens is 286 g/mol. The summed E-state index contributed by atoms with van der Waals surface area (Å²) in [6, 6.07) is 4.30. The van der Waals surface area contributed by atoms with Crippen LogP contribution >= 0.6 is 15.9 Å². The first-order valence-corrected chi connectivity index (χ1v) is 6.04. The van der Waals surface area contributed by atoms with Crippen LogP contribution in [-0.4, -0.2) is 23.0 Å². The molecule has 0 saturated heterocycles. The lowest BCUT2D eigenvalue weighted by atomic mass is 10.1. The fourth-order valence-corrected chi connectivity index (χ4v) is 1.61. The summed E-state index contributed by atoms with van der Waals surface area (Å²) in [5, 5.41) is 11.3. The van der Waals surface area contributed by atoms with Crippen molar-refractivity contribution in [2.24, 2.45) is 0 Å². The molecule has 0 aliphatic heterocycles. The average molecular weight is 300 g/mol. The van der Waals surface area contributed by atoms with Crippen molar-refractivity contribution in [1.82, 2.24) is 5.32 Å². The van der Waals surface area contributed by atoms with Crippen molar-refractivity contribution in [3.63, 3.8) is 0 Å². The fourth-order valence-electron chi connectivity index (χ4n) is 1.37. The van der Waals surface area contributed by atoms with Crippen LogP contribution in [0.15, 0.2) is 22.7 Å². The van der Waals surface area contributed by atoms with E-state index in [1.807, 2.05) is 6.92 Å². The van der Waals surface area contributed by atoms with Gasteiger partial charge in [0, 0.05) is 10.0 Å². The van der Waals surface area contributed by atoms with Crippen molar-refractivity contribution < 1.29 is 14.7 Å². The lowest BCUT2D eigenvalue weighted by Gasteiger charge is -2.12. The maximum absolute atomic E-state index is 11.8. The molecule has 0 aliphatic carbocycles. The molecule has 1 atom stereocenters. The van der Waals surface area contributed by atoms with E-state index in [1.165, 1.54) is 0 Å². The fraction of sp³-hybridized carbons (Fsp3) is 0.333. The van der Waals surface area contributed by atoms with Gasteiger partial charge in [-0.3, -0.25) is 4.79 Å². The van der Waals surface area contributed by atoms with Crippen LogP contribution in [0, 0.1) is 6.92 Å². The molecule has 0 spiro atoms. The summed E-state index contributed by atoms with van der Waals surface area (Å²) in [5.74, 6) is -1.38. The number of hydrogen-bond donors (Lipinski definition) is 2. The van der Waals surface area contributed by atoms with Gasteiger partial charge in [-0.1, -0.05) is 22.9 Å². The standard InChI is InChI=1S/C12H14BrNO3/c1-3-10(12(16)17)14-11(15)8-4-5-9(13)7(2)6-8/h4-6,10H,3H2,1-2H3,(H,14,15)(H,16,17)/t10-/m1/s1. The molecule has 0 aliphatic rings. The highest BCUT2D eigenvalue weighted by Gasteiger charge is 2.18. The zero-order chi connectivity index (χ0) is 13.0. The van der Waals surface area contributed by atoms with E-state index in [9.17, 15) is 9.59 Å². The number of rotatable bonds is 4. The van der Waals surface area contributed by atoms with Gasteiger partial charge < -0.3 is 10.4 Å². The molecule has 0 heterocycles. The lowest BCUT2D eigenvalue weighted by molar-refractivity contribution is -0.139. The van der Waals surface area contributed by atoms with Crippen LogP contribution in [-0.2, 0) is 4.79 Å². The van der Waals surface area contributed by atoms with Gasteiger partial charge in [-0.05, 0) is 37.1 Å². The number of carboxylic acids is 1. The molecule has 0 saturated carbocycles. The topological polar surface area (TPSA) is 66.4 Å². The van der Waals surface area contributed by atoms with Gasteiger partial charge in [0.25, 0.3) is 5.91 Å². The Kier molecular flexibility index (Phi) is 4.69. The van der Waals surface area contributed by atoms with Gasteiger partial charge >= 0.3 is 5.97 Å². The molecule has 4 nitrogen and oxygen atoms in total. The zero-order valence-electron chi connectivity index (χ0n) is 9.66. The summed E-state index contributed by atoms with van der Waals surface area (Å²) in [7, 11) is 0. The van der Waals surface area contributed by atoms with Crippen LogP contribution < -0.4 is 5.32 Å². The van der Waals surface area contributed by atoms with Gasteiger partial charge in [-0.2, -0.15) is 0 Å². The Balaban J connectivity index is 2.82. The van der Waals surface area contributed by atoms with Crippen LogP contribution in [0.3, 0.4) is 0 Å². The quantitative estimate of drug-likeness (QED) is 0.897. The van der Waals surface area contributed by atoms with Crippen LogP contribution in [0.1, 0.15) is 29.3 Å². The second-order valence-corrected chi connectivity index (χ2v) is 4.59. The second-order valence-electron chi connectivity index (χ2n) is 3.74. The van der Waals surface area contributed by atoms with Gasteiger partial charge in [-0.15, -0.1) is 0 Å². The number of halogens is 1. The second kappa shape index (κ2) is 5.82. The molecule has 92 valence electrons. The minimum absolute atomic E-state index is 0.358. The Labute approximate surface area is 108 Å². The first-order valence-electron chi connectivity index (χ1n) is 5.25. The van der Waals surface area contributed by atoms with Gasteiger partial charge in [0.05, 0.1) is 0 Å². The van der Waals surface area contributed by atoms with E-state index in [0.717, 1.165) is 10.0 Å². The summed E-state index contributed by atoms with van der Waals surface area (Å²) in [4.78, 5) is 22.6. The molecule has 1 amide bonds. The third kappa shape index (κ3) is 3.56. The Hall–Kier alpha value is -1.36. The molecule has 1 aromatic carbocycles. The third-order valence-electron chi connectivity index (χ3n) is 2.43. The number of amides is 1. The number of carboxylic acid groups (broad SMARTS) is 1. The molecule has 17 heavy (non-hydrogen) atoms. The van der Waals surface area contributed by atoms with Crippen LogP contribution in [0.2, 0.25) is 0 Å². The number of nitrogens with one attached hydrogen (secondary N) is 1. The molecule has 0 bridgehead atoms. The molecule has 5 heteroatoms. The molecule has 1 rings (SSSR count). The maximum atomic E-state index is 11.8. The van der Waals surface area contributed by atoms with Crippen LogP contribution in [0.25, 0.3) is 0 Å². The van der Waals surface area contributed by atoms with Crippen molar-refractivity contribution in [3.8, 4) is 0 Å². The summed E-state index contributed by atoms with van der Waals surface area (Å²) >= 11 is 3.34. The van der Waals surface area contributed by atoms with E-state index < -0.39 is 12.0 Å². The number of carbonyl (C=O) groups is 2. The van der Waals surface area contributed by atoms with Crippen molar-refractivity contribution >= 4 is 27.8 Å². The summed E-state index contributed by atoms with van der Waals surface area (Å²) in [6.45, 7) is 3.58. The maximum Gasteiger partial charge on any atom is 0.326 e. The third-order valence-corrected chi connectivity index (χ3v) is 3.32. The first-order chi connectivity index (χ1) is 7.95. The molecule has 1 aromatic rings. The number of hydrogen-bond acceptors (Lipinski definition) is 2. The Bertz CT molecular complexity index is 445. The van der Waals surface area contributed by atoms with E-state index in [2.05, 4.69) is 21.2 Å². The van der Waals surface area contributed by atoms with Gasteiger partial charge in [-0.25, -0.2) is 4.79 Å². The van der Waals surface area contributed by atoms with Crippen molar-refractivity contribution in [1.29, 1.82) is 0 Å². The normalized spacial score (nSPS) is 11.9. The zero-order valence-corrected chi connectivity index (χ0v) is 11.2. The van der Waals surface area contributed by atoms with E-state index in [1.54, 1.807) is 25.1 Å². The minimum atomic E-state index is -1.02. The number of carbonyl (C=O) groups excluding carboxylic acids is 1. The predicted molar refractivity (Wildman–Crippen MR) is 68.1 cm³/mol. The van der Waals surface area contributed by atoms with E-state index in [4.69, 9.17) is 5.11 Å². The smallest absolute Gasteiger partial charge is 0.326 e. The molecule has 0 radical (unpaired) electrons. The summed E-state index contributed by atoms with van der Waals surface area (Å²) in [5.41, 5.74) is 1.39. The van der Waals surface area contributed by atoms with E-state index in [-0.39, 0.29) is 5.91 Å². The summed E-state index contributed by atoms with van der Waals surface area (Å²) < 4.78 is 0.916. The van der Waals surface area contributed by atoms with Gasteiger partial charge in [0.2, 0.25) is 0 Å². The monoisotopic (exact) mass is 299 g/mol. The molecule has 0 aromatic heterocycles. The lowest BCUT2D eigenvalue weighted by Crippen LogP contribution is -2.40. The van der Waals surface area contributed by atoms with Crippen molar-refractivity contribution in [2.75, 3.05) is 0 Å². The predicted octanol–water partition coefficient (Wildman–Crippen LogP) is 2.35. The molecule has 0 unspecified atom stereocenters. The van der Waals surface area contributed by atoms with Crippen molar-refractivity contribution in [3.05, 3.63) is 33.8 Å². The Morgan fingerprint density at radius 2 is 2.12 bits per heavy atom. The molecule has 2 N–H and O–H groups in total.